The maximum atomic E-state index is 5.94. The molecule has 0 spiro atoms. The molecule has 2 aromatic heterocycles. The van der Waals surface area contributed by atoms with Crippen molar-refractivity contribution in [3.63, 3.8) is 0 Å². The maximum Gasteiger partial charge on any atom is 0.266 e. The molecule has 0 amide bonds. The fourth-order valence-corrected chi connectivity index (χ4v) is 2.28. The Hall–Kier alpha value is -1.56. The second-order valence-corrected chi connectivity index (χ2v) is 4.93. The molecule has 0 saturated carbocycles. The Morgan fingerprint density at radius 3 is 2.82 bits per heavy atom. The third-order valence-corrected chi connectivity index (χ3v) is 3.73. The summed E-state index contributed by atoms with van der Waals surface area (Å²) in [5.74, 6) is 1.08. The Labute approximate surface area is 104 Å². The first-order chi connectivity index (χ1) is 8.15. The summed E-state index contributed by atoms with van der Waals surface area (Å²) in [6.07, 6.45) is 0.963. The minimum atomic E-state index is 0.494. The highest BCUT2D eigenvalue weighted by molar-refractivity contribution is 7.16. The lowest BCUT2D eigenvalue weighted by molar-refractivity contribution is 0.430. The lowest BCUT2D eigenvalue weighted by Gasteiger charge is -2.08. The van der Waals surface area contributed by atoms with Crippen LogP contribution in [0.3, 0.4) is 0 Å². The second-order valence-electron chi connectivity index (χ2n) is 3.76. The van der Waals surface area contributed by atoms with Crippen molar-refractivity contribution in [3.8, 4) is 11.5 Å². The van der Waals surface area contributed by atoms with Crippen molar-refractivity contribution in [2.45, 2.75) is 20.3 Å². The van der Waals surface area contributed by atoms with E-state index in [1.54, 1.807) is 11.3 Å². The molecule has 17 heavy (non-hydrogen) atoms. The average molecular weight is 252 g/mol. The van der Waals surface area contributed by atoms with E-state index in [0.717, 1.165) is 23.5 Å². The molecule has 0 aliphatic carbocycles. The normalized spacial score (nSPS) is 10.8. The van der Waals surface area contributed by atoms with Gasteiger partial charge in [-0.1, -0.05) is 6.92 Å². The van der Waals surface area contributed by atoms with E-state index < -0.39 is 0 Å². The van der Waals surface area contributed by atoms with Gasteiger partial charge in [-0.3, -0.25) is 0 Å². The number of thiophene rings is 1. The van der Waals surface area contributed by atoms with Crippen LogP contribution >= 0.6 is 11.3 Å². The van der Waals surface area contributed by atoms with Gasteiger partial charge in [-0.2, -0.15) is 4.98 Å². The van der Waals surface area contributed by atoms with Crippen LogP contribution in [-0.4, -0.2) is 23.7 Å². The summed E-state index contributed by atoms with van der Waals surface area (Å²) in [5, 5.41) is 4.66. The SMILES string of the molecule is CCc1cc(-c2nc(N(C)CC)no2)c(N)s1. The minimum absolute atomic E-state index is 0.494. The highest BCUT2D eigenvalue weighted by Crippen LogP contribution is 2.33. The van der Waals surface area contributed by atoms with Gasteiger partial charge < -0.3 is 15.2 Å². The van der Waals surface area contributed by atoms with Crippen molar-refractivity contribution in [2.75, 3.05) is 24.2 Å². The molecule has 0 aliphatic rings. The average Bonchev–Trinajstić information content (AvgIpc) is 2.94. The molecule has 0 aromatic carbocycles. The van der Waals surface area contributed by atoms with Gasteiger partial charge in [0, 0.05) is 18.5 Å². The zero-order chi connectivity index (χ0) is 12.4. The van der Waals surface area contributed by atoms with Crippen LogP contribution in [-0.2, 0) is 6.42 Å². The van der Waals surface area contributed by atoms with Gasteiger partial charge in [0.15, 0.2) is 0 Å². The molecule has 92 valence electrons. The van der Waals surface area contributed by atoms with E-state index in [-0.39, 0.29) is 0 Å². The van der Waals surface area contributed by atoms with E-state index in [4.69, 9.17) is 10.3 Å². The molecule has 2 N–H and O–H groups in total. The Morgan fingerprint density at radius 2 is 2.24 bits per heavy atom. The molecule has 0 radical (unpaired) electrons. The topological polar surface area (TPSA) is 68.2 Å². The lowest BCUT2D eigenvalue weighted by atomic mass is 10.2. The summed E-state index contributed by atoms with van der Waals surface area (Å²) in [7, 11) is 1.92. The third kappa shape index (κ3) is 2.26. The Bertz CT molecular complexity index is 505. The molecule has 2 aromatic rings. The minimum Gasteiger partial charge on any atom is -0.390 e. The first-order valence-electron chi connectivity index (χ1n) is 5.59. The van der Waals surface area contributed by atoms with Gasteiger partial charge in [-0.25, -0.2) is 0 Å². The number of hydrogen-bond acceptors (Lipinski definition) is 6. The lowest BCUT2D eigenvalue weighted by Crippen LogP contribution is -2.16. The van der Waals surface area contributed by atoms with Crippen LogP contribution in [0.25, 0.3) is 11.5 Å². The van der Waals surface area contributed by atoms with E-state index in [0.29, 0.717) is 11.8 Å². The quantitative estimate of drug-likeness (QED) is 0.905. The van der Waals surface area contributed by atoms with Gasteiger partial charge in [0.25, 0.3) is 11.8 Å². The van der Waals surface area contributed by atoms with Crippen LogP contribution in [0, 0.1) is 0 Å². The Balaban J connectivity index is 2.33. The first-order valence-corrected chi connectivity index (χ1v) is 6.40. The number of nitrogens with two attached hydrogens (primary N) is 1. The predicted molar refractivity (Wildman–Crippen MR) is 70.3 cm³/mol. The van der Waals surface area contributed by atoms with Crippen molar-refractivity contribution >= 4 is 22.3 Å². The van der Waals surface area contributed by atoms with Crippen LogP contribution in [0.2, 0.25) is 0 Å². The Kier molecular flexibility index (Phi) is 3.33. The van der Waals surface area contributed by atoms with Crippen molar-refractivity contribution in [1.82, 2.24) is 10.1 Å². The number of anilines is 2. The number of rotatable bonds is 4. The maximum absolute atomic E-state index is 5.94. The van der Waals surface area contributed by atoms with Crippen LogP contribution in [0.4, 0.5) is 10.9 Å². The smallest absolute Gasteiger partial charge is 0.266 e. The van der Waals surface area contributed by atoms with Crippen molar-refractivity contribution < 1.29 is 4.52 Å². The molecule has 0 unspecified atom stereocenters. The van der Waals surface area contributed by atoms with Crippen LogP contribution in [0.1, 0.15) is 18.7 Å². The van der Waals surface area contributed by atoms with E-state index in [1.165, 1.54) is 4.88 Å². The first kappa shape index (κ1) is 11.9. The summed E-state index contributed by atoms with van der Waals surface area (Å²) in [4.78, 5) is 7.47. The van der Waals surface area contributed by atoms with Gasteiger partial charge in [0.2, 0.25) is 0 Å². The molecule has 6 heteroatoms. The van der Waals surface area contributed by atoms with Crippen LogP contribution in [0.15, 0.2) is 10.6 Å². The van der Waals surface area contributed by atoms with E-state index in [1.807, 2.05) is 24.9 Å². The van der Waals surface area contributed by atoms with Crippen molar-refractivity contribution in [1.29, 1.82) is 0 Å². The predicted octanol–water partition coefficient (Wildman–Crippen LogP) is 2.40. The van der Waals surface area contributed by atoms with Gasteiger partial charge >= 0.3 is 0 Å². The number of aryl methyl sites for hydroxylation is 1. The second kappa shape index (κ2) is 4.75. The summed E-state index contributed by atoms with van der Waals surface area (Å²) in [5.41, 5.74) is 6.79. The highest BCUT2D eigenvalue weighted by Gasteiger charge is 2.16. The summed E-state index contributed by atoms with van der Waals surface area (Å²) < 4.78 is 5.24. The van der Waals surface area contributed by atoms with Gasteiger partial charge in [-0.15, -0.1) is 11.3 Å². The van der Waals surface area contributed by atoms with Gasteiger partial charge in [-0.05, 0) is 24.6 Å². The molecular weight excluding hydrogens is 236 g/mol. The highest BCUT2D eigenvalue weighted by atomic mass is 32.1. The largest absolute Gasteiger partial charge is 0.390 e. The summed E-state index contributed by atoms with van der Waals surface area (Å²) >= 11 is 1.57. The number of nitrogens with zero attached hydrogens (tertiary/aromatic N) is 3. The molecule has 2 heterocycles. The van der Waals surface area contributed by atoms with Crippen molar-refractivity contribution in [2.24, 2.45) is 0 Å². The van der Waals surface area contributed by atoms with E-state index >= 15 is 0 Å². The standard InChI is InChI=1S/C11H16N4OS/c1-4-7-6-8(9(12)17-7)10-13-11(14-16-10)15(3)5-2/h6H,4-5,12H2,1-3H3. The van der Waals surface area contributed by atoms with Crippen LogP contribution < -0.4 is 10.6 Å². The Morgan fingerprint density at radius 1 is 1.47 bits per heavy atom. The molecule has 0 fully saturated rings. The zero-order valence-corrected chi connectivity index (χ0v) is 11.0. The van der Waals surface area contributed by atoms with Crippen LogP contribution in [0.5, 0.6) is 0 Å². The molecule has 0 saturated heterocycles. The van der Waals surface area contributed by atoms with Crippen molar-refractivity contribution in [3.05, 3.63) is 10.9 Å². The fraction of sp³-hybridized carbons (Fsp3) is 0.455. The van der Waals surface area contributed by atoms with Gasteiger partial charge in [0.05, 0.1) is 10.6 Å². The molecule has 0 bridgehead atoms. The summed E-state index contributed by atoms with van der Waals surface area (Å²) in [6.45, 7) is 4.96. The molecule has 0 aliphatic heterocycles. The number of nitrogen functional groups attached to an aromatic ring is 1. The number of hydrogen-bond donors (Lipinski definition) is 1. The third-order valence-electron chi connectivity index (χ3n) is 2.62. The molecule has 0 atom stereocenters. The molecule has 2 rings (SSSR count). The number of aromatic nitrogens is 2. The van der Waals surface area contributed by atoms with E-state index in [9.17, 15) is 0 Å². The monoisotopic (exact) mass is 252 g/mol. The fourth-order valence-electron chi connectivity index (χ4n) is 1.42. The zero-order valence-electron chi connectivity index (χ0n) is 10.2. The van der Waals surface area contributed by atoms with E-state index in [2.05, 4.69) is 17.1 Å². The summed E-state index contributed by atoms with van der Waals surface area (Å²) in [6, 6.07) is 2.02. The molecule has 5 nitrogen and oxygen atoms in total. The molecular formula is C11H16N4OS. The van der Waals surface area contributed by atoms with Gasteiger partial charge in [0.1, 0.15) is 0 Å².